The predicted molar refractivity (Wildman–Crippen MR) is 74.9 cm³/mol. The Balaban J connectivity index is 0.000001000. The van der Waals surface area contributed by atoms with E-state index in [1.807, 2.05) is 0 Å². The van der Waals surface area contributed by atoms with Gasteiger partial charge in [0, 0.05) is 0 Å². The zero-order valence-electron chi connectivity index (χ0n) is 11.4. The zero-order chi connectivity index (χ0) is 12.5. The van der Waals surface area contributed by atoms with E-state index in [0.717, 1.165) is 6.42 Å². The van der Waals surface area contributed by atoms with Gasteiger partial charge in [-0.05, 0) is 0 Å². The van der Waals surface area contributed by atoms with Gasteiger partial charge in [-0.2, -0.15) is 0 Å². The van der Waals surface area contributed by atoms with Crippen LogP contribution in [0.25, 0.3) is 6.08 Å². The van der Waals surface area contributed by atoms with E-state index in [2.05, 4.69) is 68.1 Å². The molecular formula is C17H17Cl2Zr. The first kappa shape index (κ1) is 17.7. The van der Waals surface area contributed by atoms with Crippen molar-refractivity contribution in [1.82, 2.24) is 0 Å². The van der Waals surface area contributed by atoms with Crippen LogP contribution in [0.5, 0.6) is 0 Å². The maximum Gasteiger partial charge on any atom is -1.00 e. The average Bonchev–Trinajstić information content (AvgIpc) is 3.00. The summed E-state index contributed by atoms with van der Waals surface area (Å²) in [6, 6.07) is 8.82. The first-order chi connectivity index (χ1) is 8.77. The van der Waals surface area contributed by atoms with Crippen LogP contribution in [0, 0.1) is 0 Å². The van der Waals surface area contributed by atoms with E-state index in [4.69, 9.17) is 0 Å². The minimum atomic E-state index is -1.79. The maximum atomic E-state index is 4.30. The van der Waals surface area contributed by atoms with Crippen LogP contribution >= 0.6 is 0 Å². The van der Waals surface area contributed by atoms with Crippen molar-refractivity contribution in [2.75, 3.05) is 0 Å². The fourth-order valence-corrected chi connectivity index (χ4v) is 10.2. The number of allylic oxidation sites excluding steroid dienone is 6. The number of halogens is 2. The Kier molecular flexibility index (Phi) is 6.72. The molecule has 103 valence electrons. The molecule has 0 N–H and O–H groups in total. The molecule has 0 amide bonds. The van der Waals surface area contributed by atoms with Crippen LogP contribution in [0.3, 0.4) is 0 Å². The molecule has 0 aromatic heterocycles. The number of fused-ring (bicyclic) bond motifs is 1. The summed E-state index contributed by atoms with van der Waals surface area (Å²) in [5.41, 5.74) is 2.94. The van der Waals surface area contributed by atoms with Crippen molar-refractivity contribution in [2.45, 2.75) is 17.0 Å². The summed E-state index contributed by atoms with van der Waals surface area (Å²) >= 11 is -1.79. The third kappa shape index (κ3) is 3.27. The van der Waals surface area contributed by atoms with Crippen LogP contribution in [0.1, 0.15) is 28.1 Å². The van der Waals surface area contributed by atoms with E-state index in [1.165, 1.54) is 14.4 Å². The molecule has 0 spiro atoms. The number of benzene rings is 1. The predicted octanol–water partition coefficient (Wildman–Crippen LogP) is -1.24. The molecule has 0 bridgehead atoms. The topological polar surface area (TPSA) is 0 Å². The Morgan fingerprint density at radius 2 is 2.00 bits per heavy atom. The average molecular weight is 383 g/mol. The Bertz CT molecular complexity index is 584. The number of hydrogen-bond acceptors (Lipinski definition) is 0. The van der Waals surface area contributed by atoms with E-state index < -0.39 is 21.8 Å². The first-order valence-electron chi connectivity index (χ1n) is 6.43. The van der Waals surface area contributed by atoms with Gasteiger partial charge in [0.1, 0.15) is 0 Å². The van der Waals surface area contributed by atoms with Crippen molar-refractivity contribution < 1.29 is 46.6 Å². The molecule has 0 saturated heterocycles. The van der Waals surface area contributed by atoms with Gasteiger partial charge >= 0.3 is 118 Å². The minimum absolute atomic E-state index is 0. The summed E-state index contributed by atoms with van der Waals surface area (Å²) in [6.45, 7) is 6.54. The fourth-order valence-electron chi connectivity index (χ4n) is 2.89. The van der Waals surface area contributed by atoms with E-state index in [0.29, 0.717) is 3.63 Å². The normalized spacial score (nSPS) is 17.9. The molecule has 1 unspecified atom stereocenters. The van der Waals surface area contributed by atoms with Crippen molar-refractivity contribution in [3.8, 4) is 0 Å². The molecule has 0 radical (unpaired) electrons. The smallest absolute Gasteiger partial charge is 1.00 e. The molecule has 20 heavy (non-hydrogen) atoms. The molecule has 2 aliphatic carbocycles. The van der Waals surface area contributed by atoms with Crippen LogP contribution in [0.4, 0.5) is 0 Å². The van der Waals surface area contributed by atoms with Crippen molar-refractivity contribution in [3.05, 3.63) is 72.8 Å². The third-order valence-electron chi connectivity index (χ3n) is 3.69. The van der Waals surface area contributed by atoms with Crippen LogP contribution in [-0.2, 0) is 21.8 Å². The van der Waals surface area contributed by atoms with E-state index in [9.17, 15) is 0 Å². The van der Waals surface area contributed by atoms with Gasteiger partial charge in [-0.1, -0.05) is 0 Å². The quantitative estimate of drug-likeness (QED) is 0.613. The van der Waals surface area contributed by atoms with Crippen LogP contribution in [0.2, 0.25) is 0 Å². The summed E-state index contributed by atoms with van der Waals surface area (Å²) in [5, 5.41) is 0. The SMILES string of the molecule is C=[C](C)[Zr+2]([C]1=CC=CC1)[CH]1C=Cc2ccccc21.[Cl-].[Cl-]. The maximum absolute atomic E-state index is 4.30. The Morgan fingerprint density at radius 1 is 1.25 bits per heavy atom. The molecule has 3 rings (SSSR count). The molecule has 1 aromatic rings. The Labute approximate surface area is 141 Å². The van der Waals surface area contributed by atoms with Crippen molar-refractivity contribution in [1.29, 1.82) is 0 Å². The Hall–Kier alpha value is -0.357. The second kappa shape index (κ2) is 7.59. The first-order valence-corrected chi connectivity index (χ1v) is 10.3. The number of hydrogen-bond donors (Lipinski definition) is 0. The summed E-state index contributed by atoms with van der Waals surface area (Å²) in [4.78, 5) is 0. The standard InChI is InChI=1S/C9H7.C5H5.C3H5.2ClH.Zr/c1-2-5-9-7-3-6-8(9)4-1;1-2-4-5-3-1;1-3-2;;;/h1-7H;1-3H,4H2;1H2,2H3;2*1H;/q;;;;;+2/p-2. The van der Waals surface area contributed by atoms with Crippen molar-refractivity contribution in [2.24, 2.45) is 0 Å². The van der Waals surface area contributed by atoms with E-state index in [1.54, 1.807) is 3.28 Å². The van der Waals surface area contributed by atoms with Crippen LogP contribution < -0.4 is 24.8 Å². The number of rotatable bonds is 3. The van der Waals surface area contributed by atoms with Gasteiger partial charge in [0.25, 0.3) is 0 Å². The molecule has 0 saturated carbocycles. The van der Waals surface area contributed by atoms with Crippen LogP contribution in [0.15, 0.2) is 61.7 Å². The van der Waals surface area contributed by atoms with Gasteiger partial charge in [-0.25, -0.2) is 0 Å². The summed E-state index contributed by atoms with van der Waals surface area (Å²) in [7, 11) is 0. The van der Waals surface area contributed by atoms with Gasteiger partial charge in [0.05, 0.1) is 0 Å². The summed E-state index contributed by atoms with van der Waals surface area (Å²) in [6.07, 6.45) is 12.7. The van der Waals surface area contributed by atoms with Crippen LogP contribution in [-0.4, -0.2) is 0 Å². The van der Waals surface area contributed by atoms with Crippen molar-refractivity contribution in [3.63, 3.8) is 0 Å². The third-order valence-corrected chi connectivity index (χ3v) is 11.3. The Morgan fingerprint density at radius 3 is 2.65 bits per heavy atom. The molecule has 0 nitrogen and oxygen atoms in total. The largest absolute Gasteiger partial charge is 1.00 e. The second-order valence-electron chi connectivity index (χ2n) is 4.98. The molecule has 1 atom stereocenters. The van der Waals surface area contributed by atoms with Gasteiger partial charge in [0.2, 0.25) is 0 Å². The van der Waals surface area contributed by atoms with Crippen molar-refractivity contribution >= 4 is 6.08 Å². The molecule has 3 heteroatoms. The minimum Gasteiger partial charge on any atom is -1.00 e. The molecule has 1 aromatic carbocycles. The van der Waals surface area contributed by atoms with E-state index >= 15 is 0 Å². The molecular weight excluding hydrogens is 366 g/mol. The molecule has 0 aliphatic heterocycles. The second-order valence-corrected chi connectivity index (χ2v) is 12.2. The molecule has 0 heterocycles. The van der Waals surface area contributed by atoms with Gasteiger partial charge in [-0.15, -0.1) is 0 Å². The fraction of sp³-hybridized carbons (Fsp3) is 0.176. The molecule has 0 fully saturated rings. The van der Waals surface area contributed by atoms with Gasteiger partial charge in [-0.3, -0.25) is 0 Å². The monoisotopic (exact) mass is 381 g/mol. The zero-order valence-corrected chi connectivity index (χ0v) is 15.4. The van der Waals surface area contributed by atoms with Gasteiger partial charge in [0.15, 0.2) is 0 Å². The van der Waals surface area contributed by atoms with Gasteiger partial charge < -0.3 is 24.8 Å². The summed E-state index contributed by atoms with van der Waals surface area (Å²) in [5.74, 6) is 0. The molecule has 2 aliphatic rings. The van der Waals surface area contributed by atoms with E-state index in [-0.39, 0.29) is 24.8 Å². The summed E-state index contributed by atoms with van der Waals surface area (Å²) < 4.78 is 3.81.